The second-order valence-electron chi connectivity index (χ2n) is 6.31. The highest BCUT2D eigenvalue weighted by Crippen LogP contribution is 2.48. The number of fused-ring (bicyclic) bond motifs is 3. The Balaban J connectivity index is 2.00. The molecule has 1 unspecified atom stereocenters. The summed E-state index contributed by atoms with van der Waals surface area (Å²) < 4.78 is 22.2. The summed E-state index contributed by atoms with van der Waals surface area (Å²) in [5.41, 5.74) is 8.89. The largest absolute Gasteiger partial charge is 0.493 e. The van der Waals surface area contributed by atoms with Gasteiger partial charge in [0.25, 0.3) is 0 Å². The van der Waals surface area contributed by atoms with Gasteiger partial charge in [0.15, 0.2) is 17.2 Å². The second kappa shape index (κ2) is 6.74. The van der Waals surface area contributed by atoms with E-state index in [0.717, 1.165) is 22.0 Å². The fourth-order valence-electron chi connectivity index (χ4n) is 3.65. The molecular formula is C21H19N3O4. The zero-order chi connectivity index (χ0) is 19.8. The molecule has 7 heteroatoms. The number of hydrogen-bond acceptors (Lipinski definition) is 6. The summed E-state index contributed by atoms with van der Waals surface area (Å²) in [6, 6.07) is 11.7. The number of nitrogens with zero attached hydrogens (tertiary/aromatic N) is 1. The zero-order valence-electron chi connectivity index (χ0n) is 15.7. The Bertz CT molecular complexity index is 1120. The molecule has 3 N–H and O–H groups in total. The fourth-order valence-corrected chi connectivity index (χ4v) is 3.65. The van der Waals surface area contributed by atoms with Crippen molar-refractivity contribution in [2.45, 2.75) is 5.92 Å². The summed E-state index contributed by atoms with van der Waals surface area (Å²) in [5, 5.41) is 10.8. The molecule has 0 saturated carbocycles. The molecule has 2 aromatic carbocycles. The van der Waals surface area contributed by atoms with Gasteiger partial charge in [-0.3, -0.25) is 0 Å². The Labute approximate surface area is 161 Å². The molecule has 0 spiro atoms. The van der Waals surface area contributed by atoms with Crippen molar-refractivity contribution in [3.8, 4) is 29.1 Å². The number of rotatable bonds is 4. The molecule has 1 aliphatic rings. The smallest absolute Gasteiger partial charge is 0.205 e. The SMILES string of the molecule is COc1cc(C2C(C#N)=C(N)Oc3c2ccc2cc[nH]c32)cc(OC)c1OC. The third-order valence-corrected chi connectivity index (χ3v) is 4.93. The molecule has 4 rings (SSSR count). The van der Waals surface area contributed by atoms with Gasteiger partial charge >= 0.3 is 0 Å². The lowest BCUT2D eigenvalue weighted by Gasteiger charge is -2.27. The van der Waals surface area contributed by atoms with Gasteiger partial charge in [0.05, 0.1) is 32.8 Å². The predicted molar refractivity (Wildman–Crippen MR) is 104 cm³/mol. The third kappa shape index (κ3) is 2.50. The topological polar surface area (TPSA) is 103 Å². The van der Waals surface area contributed by atoms with E-state index in [9.17, 15) is 5.26 Å². The molecule has 0 amide bonds. The maximum Gasteiger partial charge on any atom is 0.205 e. The van der Waals surface area contributed by atoms with Crippen LogP contribution in [0.3, 0.4) is 0 Å². The van der Waals surface area contributed by atoms with E-state index in [-0.39, 0.29) is 5.88 Å². The van der Waals surface area contributed by atoms with E-state index < -0.39 is 5.92 Å². The van der Waals surface area contributed by atoms with Crippen molar-refractivity contribution in [3.05, 3.63) is 59.1 Å². The van der Waals surface area contributed by atoms with Crippen LogP contribution >= 0.6 is 0 Å². The number of aromatic amines is 1. The molecule has 1 atom stereocenters. The minimum absolute atomic E-state index is 0.0795. The van der Waals surface area contributed by atoms with Gasteiger partial charge in [0.1, 0.15) is 11.6 Å². The van der Waals surface area contributed by atoms with E-state index in [4.69, 9.17) is 24.7 Å². The monoisotopic (exact) mass is 377 g/mol. The number of nitrogens with one attached hydrogen (secondary N) is 1. The van der Waals surface area contributed by atoms with E-state index in [1.807, 2.05) is 36.5 Å². The van der Waals surface area contributed by atoms with Crippen molar-refractivity contribution in [2.75, 3.05) is 21.3 Å². The summed E-state index contributed by atoms with van der Waals surface area (Å²) in [6.07, 6.45) is 1.84. The van der Waals surface area contributed by atoms with E-state index in [1.165, 1.54) is 0 Å². The van der Waals surface area contributed by atoms with Crippen LogP contribution in [0.5, 0.6) is 23.0 Å². The molecular weight excluding hydrogens is 358 g/mol. The first-order valence-electron chi connectivity index (χ1n) is 8.60. The van der Waals surface area contributed by atoms with Crippen LogP contribution in [0.25, 0.3) is 10.9 Å². The number of allylic oxidation sites excluding steroid dienone is 1. The maximum absolute atomic E-state index is 9.78. The average molecular weight is 377 g/mol. The van der Waals surface area contributed by atoms with Crippen molar-refractivity contribution in [1.82, 2.24) is 4.98 Å². The molecule has 0 aliphatic carbocycles. The highest BCUT2D eigenvalue weighted by atomic mass is 16.5. The van der Waals surface area contributed by atoms with Crippen molar-refractivity contribution < 1.29 is 18.9 Å². The van der Waals surface area contributed by atoms with Crippen LogP contribution in [0, 0.1) is 11.3 Å². The number of H-pyrrole nitrogens is 1. The van der Waals surface area contributed by atoms with Crippen molar-refractivity contribution in [3.63, 3.8) is 0 Å². The molecule has 0 bridgehead atoms. The summed E-state index contributed by atoms with van der Waals surface area (Å²) in [7, 11) is 4.65. The molecule has 0 fully saturated rings. The number of methoxy groups -OCH3 is 3. The highest BCUT2D eigenvalue weighted by molar-refractivity contribution is 5.88. The zero-order valence-corrected chi connectivity index (χ0v) is 15.7. The summed E-state index contributed by atoms with van der Waals surface area (Å²) in [5.74, 6) is 1.74. The lowest BCUT2D eigenvalue weighted by molar-refractivity contribution is 0.323. The summed E-state index contributed by atoms with van der Waals surface area (Å²) in [4.78, 5) is 3.18. The van der Waals surface area contributed by atoms with Crippen LogP contribution in [0.2, 0.25) is 0 Å². The first kappa shape index (κ1) is 17.6. The Hall–Kier alpha value is -3.79. The second-order valence-corrected chi connectivity index (χ2v) is 6.31. The molecule has 7 nitrogen and oxygen atoms in total. The van der Waals surface area contributed by atoms with Gasteiger partial charge in [0, 0.05) is 17.1 Å². The standard InChI is InChI=1S/C21H19N3O4/c1-25-15-8-12(9-16(26-2)20(15)27-3)17-13-5-4-11-6-7-24-18(11)19(13)28-21(23)14(17)10-22/h4-9,17,24H,23H2,1-3H3. The number of hydrogen-bond donors (Lipinski definition) is 2. The van der Waals surface area contributed by atoms with Gasteiger partial charge in [-0.1, -0.05) is 12.1 Å². The quantitative estimate of drug-likeness (QED) is 0.722. The lowest BCUT2D eigenvalue weighted by atomic mass is 9.83. The molecule has 28 heavy (non-hydrogen) atoms. The van der Waals surface area contributed by atoms with Gasteiger partial charge in [-0.15, -0.1) is 0 Å². The number of aromatic nitrogens is 1. The van der Waals surface area contributed by atoms with E-state index in [1.54, 1.807) is 21.3 Å². The van der Waals surface area contributed by atoms with E-state index >= 15 is 0 Å². The summed E-state index contributed by atoms with van der Waals surface area (Å²) >= 11 is 0. The molecule has 1 aliphatic heterocycles. The average Bonchev–Trinajstić information content (AvgIpc) is 3.21. The van der Waals surface area contributed by atoms with Gasteiger partial charge < -0.3 is 29.7 Å². The van der Waals surface area contributed by atoms with Gasteiger partial charge in [0.2, 0.25) is 11.6 Å². The molecule has 3 aromatic rings. The van der Waals surface area contributed by atoms with Crippen molar-refractivity contribution in [1.29, 1.82) is 5.26 Å². The van der Waals surface area contributed by atoms with Crippen LogP contribution in [-0.2, 0) is 0 Å². The van der Waals surface area contributed by atoms with Gasteiger partial charge in [-0.25, -0.2) is 0 Å². The number of ether oxygens (including phenoxy) is 4. The minimum Gasteiger partial charge on any atom is -0.493 e. The first-order chi connectivity index (χ1) is 13.6. The molecule has 142 valence electrons. The molecule has 2 heterocycles. The van der Waals surface area contributed by atoms with Gasteiger partial charge in [-0.05, 0) is 23.8 Å². The Kier molecular flexibility index (Phi) is 4.24. The molecule has 0 radical (unpaired) electrons. The van der Waals surface area contributed by atoms with Crippen molar-refractivity contribution in [2.24, 2.45) is 5.73 Å². The van der Waals surface area contributed by atoms with Crippen LogP contribution in [-0.4, -0.2) is 26.3 Å². The van der Waals surface area contributed by atoms with Crippen LogP contribution in [0.4, 0.5) is 0 Å². The predicted octanol–water partition coefficient (Wildman–Crippen LogP) is 3.41. The molecule has 1 aromatic heterocycles. The number of benzene rings is 2. The minimum atomic E-state index is -0.435. The highest BCUT2D eigenvalue weighted by Gasteiger charge is 2.33. The van der Waals surface area contributed by atoms with Crippen molar-refractivity contribution >= 4 is 10.9 Å². The lowest BCUT2D eigenvalue weighted by Crippen LogP contribution is -2.21. The number of nitriles is 1. The molecule has 0 saturated heterocycles. The first-order valence-corrected chi connectivity index (χ1v) is 8.60. The van der Waals surface area contributed by atoms with E-state index in [2.05, 4.69) is 11.1 Å². The normalized spacial score (nSPS) is 15.6. The van der Waals surface area contributed by atoms with Crippen LogP contribution < -0.4 is 24.7 Å². The Morgan fingerprint density at radius 2 is 1.79 bits per heavy atom. The van der Waals surface area contributed by atoms with Crippen LogP contribution in [0.1, 0.15) is 17.0 Å². The van der Waals surface area contributed by atoms with E-state index in [0.29, 0.717) is 28.6 Å². The Morgan fingerprint density at radius 1 is 1.07 bits per heavy atom. The van der Waals surface area contributed by atoms with Gasteiger partial charge in [-0.2, -0.15) is 5.26 Å². The Morgan fingerprint density at radius 3 is 2.39 bits per heavy atom. The number of nitrogens with two attached hydrogens (primary N) is 1. The fraction of sp³-hybridized carbons (Fsp3) is 0.190. The summed E-state index contributed by atoms with van der Waals surface area (Å²) in [6.45, 7) is 0. The third-order valence-electron chi connectivity index (χ3n) is 4.93. The maximum atomic E-state index is 9.78. The van der Waals surface area contributed by atoms with Crippen LogP contribution in [0.15, 0.2) is 48.0 Å².